The molecule has 4 heteroatoms. The van der Waals surface area contributed by atoms with E-state index in [4.69, 9.17) is 0 Å². The van der Waals surface area contributed by atoms with Crippen LogP contribution in [0.1, 0.15) is 5.56 Å². The lowest BCUT2D eigenvalue weighted by atomic mass is 10.0. The van der Waals surface area contributed by atoms with E-state index in [1.165, 1.54) is 16.5 Å². The minimum atomic E-state index is -0.143. The third-order valence-electron chi connectivity index (χ3n) is 5.10. The van der Waals surface area contributed by atoms with Gasteiger partial charge < -0.3 is 14.9 Å². The largest absolute Gasteiger partial charge is 0.507 e. The van der Waals surface area contributed by atoms with Crippen LogP contribution < -0.4 is 9.80 Å². The molecule has 1 aliphatic heterocycles. The Morgan fingerprint density at radius 1 is 0.880 bits per heavy atom. The molecule has 4 rings (SSSR count). The van der Waals surface area contributed by atoms with E-state index in [1.807, 2.05) is 36.4 Å². The average Bonchev–Trinajstić information content (AvgIpc) is 2.65. The van der Waals surface area contributed by atoms with Gasteiger partial charge in [0.25, 0.3) is 0 Å². The van der Waals surface area contributed by atoms with Crippen LogP contribution in [0.25, 0.3) is 10.8 Å². The Bertz CT molecular complexity index is 888. The van der Waals surface area contributed by atoms with E-state index in [0.29, 0.717) is 11.4 Å². The number of piperazine rings is 1. The third kappa shape index (κ3) is 3.17. The van der Waals surface area contributed by atoms with Crippen molar-refractivity contribution < 1.29 is 14.4 Å². The summed E-state index contributed by atoms with van der Waals surface area (Å²) < 4.78 is 14.0. The maximum Gasteiger partial charge on any atom is 0.146 e. The van der Waals surface area contributed by atoms with Crippen LogP contribution in [-0.4, -0.2) is 31.3 Å². The highest BCUT2D eigenvalue weighted by Gasteiger charge is 2.22. The summed E-state index contributed by atoms with van der Waals surface area (Å²) in [5.41, 5.74) is 1.96. The van der Waals surface area contributed by atoms with Crippen LogP contribution >= 0.6 is 0 Å². The first-order chi connectivity index (χ1) is 12.2. The predicted molar refractivity (Wildman–Crippen MR) is 98.6 cm³/mol. The number of quaternary nitrogens is 1. The molecule has 2 N–H and O–H groups in total. The highest BCUT2D eigenvalue weighted by Crippen LogP contribution is 2.27. The number of phenolic OH excluding ortho intramolecular Hbond substituents is 1. The van der Waals surface area contributed by atoms with Crippen molar-refractivity contribution in [3.05, 3.63) is 72.0 Å². The van der Waals surface area contributed by atoms with E-state index in [9.17, 15) is 9.50 Å². The second-order valence-electron chi connectivity index (χ2n) is 6.65. The number of hydrogen-bond acceptors (Lipinski definition) is 2. The Morgan fingerprint density at radius 3 is 2.32 bits per heavy atom. The lowest BCUT2D eigenvalue weighted by Crippen LogP contribution is -3.13. The molecule has 0 spiro atoms. The number of benzene rings is 3. The molecule has 0 radical (unpaired) electrons. The van der Waals surface area contributed by atoms with Crippen molar-refractivity contribution in [2.45, 2.75) is 6.54 Å². The van der Waals surface area contributed by atoms with Crippen molar-refractivity contribution in [3.8, 4) is 5.75 Å². The Labute approximate surface area is 146 Å². The Kier molecular flexibility index (Phi) is 4.28. The number of phenols is 1. The highest BCUT2D eigenvalue weighted by atomic mass is 19.1. The molecule has 3 aromatic rings. The van der Waals surface area contributed by atoms with E-state index in [0.717, 1.165) is 43.5 Å². The van der Waals surface area contributed by atoms with Crippen molar-refractivity contribution in [2.75, 3.05) is 31.1 Å². The standard InChI is InChI=1S/C21H21FN2O/c22-19-7-3-4-8-20(19)24-13-11-23(12-14-24)15-16-9-10-21(25)18-6-2-1-5-17(16)18/h1-10,25H,11-15H2/p+1. The maximum absolute atomic E-state index is 14.0. The molecule has 3 nitrogen and oxygen atoms in total. The van der Waals surface area contributed by atoms with Gasteiger partial charge in [-0.2, -0.15) is 0 Å². The molecule has 1 heterocycles. The quantitative estimate of drug-likeness (QED) is 0.769. The second kappa shape index (κ2) is 6.73. The minimum absolute atomic E-state index is 0.143. The van der Waals surface area contributed by atoms with Gasteiger partial charge in [-0.25, -0.2) is 4.39 Å². The lowest BCUT2D eigenvalue weighted by molar-refractivity contribution is -0.914. The summed E-state index contributed by atoms with van der Waals surface area (Å²) in [4.78, 5) is 3.62. The Balaban J connectivity index is 1.48. The minimum Gasteiger partial charge on any atom is -0.507 e. The average molecular weight is 337 g/mol. The first-order valence-electron chi connectivity index (χ1n) is 8.75. The molecule has 0 aromatic heterocycles. The highest BCUT2D eigenvalue weighted by molar-refractivity contribution is 5.90. The molecule has 0 bridgehead atoms. The molecule has 0 saturated carbocycles. The molecule has 1 aliphatic rings. The number of halogens is 1. The molecule has 0 amide bonds. The smallest absolute Gasteiger partial charge is 0.146 e. The summed E-state index contributed by atoms with van der Waals surface area (Å²) in [5.74, 6) is 0.189. The SMILES string of the molecule is Oc1ccc(C[NH+]2CCN(c3ccccc3F)CC2)c2ccccc12. The molecule has 0 unspecified atom stereocenters. The zero-order valence-corrected chi connectivity index (χ0v) is 14.1. The zero-order valence-electron chi connectivity index (χ0n) is 14.1. The number of anilines is 1. The molecule has 1 fully saturated rings. The van der Waals surface area contributed by atoms with Gasteiger partial charge in [0.05, 0.1) is 31.9 Å². The van der Waals surface area contributed by atoms with E-state index in [2.05, 4.69) is 11.0 Å². The van der Waals surface area contributed by atoms with Gasteiger partial charge in [-0.05, 0) is 29.7 Å². The first kappa shape index (κ1) is 15.9. The molecular weight excluding hydrogens is 315 g/mol. The summed E-state index contributed by atoms with van der Waals surface area (Å²) >= 11 is 0. The van der Waals surface area contributed by atoms with Crippen LogP contribution in [0.4, 0.5) is 10.1 Å². The fraction of sp³-hybridized carbons (Fsp3) is 0.238. The van der Waals surface area contributed by atoms with Crippen LogP contribution in [0.3, 0.4) is 0 Å². The van der Waals surface area contributed by atoms with E-state index in [1.54, 1.807) is 12.1 Å². The number of fused-ring (bicyclic) bond motifs is 1. The topological polar surface area (TPSA) is 27.9 Å². The molecular formula is C21H22FN2O+. The Morgan fingerprint density at radius 2 is 1.56 bits per heavy atom. The molecule has 25 heavy (non-hydrogen) atoms. The zero-order chi connectivity index (χ0) is 17.2. The fourth-order valence-corrected chi connectivity index (χ4v) is 3.72. The predicted octanol–water partition coefficient (Wildman–Crippen LogP) is 2.59. The summed E-state index contributed by atoms with van der Waals surface area (Å²) in [6, 6.07) is 18.8. The summed E-state index contributed by atoms with van der Waals surface area (Å²) in [6.45, 7) is 4.58. The number of para-hydroxylation sites is 1. The molecule has 0 aliphatic carbocycles. The van der Waals surface area contributed by atoms with Gasteiger partial charge in [0, 0.05) is 10.9 Å². The van der Waals surface area contributed by atoms with Crippen molar-refractivity contribution in [1.29, 1.82) is 0 Å². The van der Waals surface area contributed by atoms with Crippen molar-refractivity contribution in [2.24, 2.45) is 0 Å². The van der Waals surface area contributed by atoms with Crippen LogP contribution in [0.15, 0.2) is 60.7 Å². The lowest BCUT2D eigenvalue weighted by Gasteiger charge is -2.34. The first-order valence-corrected chi connectivity index (χ1v) is 8.75. The Hall–Kier alpha value is -2.59. The number of nitrogens with zero attached hydrogens (tertiary/aromatic N) is 1. The van der Waals surface area contributed by atoms with Gasteiger partial charge in [0.15, 0.2) is 0 Å². The molecule has 0 atom stereocenters. The van der Waals surface area contributed by atoms with Gasteiger partial charge >= 0.3 is 0 Å². The van der Waals surface area contributed by atoms with E-state index < -0.39 is 0 Å². The van der Waals surface area contributed by atoms with Gasteiger partial charge in [-0.3, -0.25) is 0 Å². The van der Waals surface area contributed by atoms with Crippen LogP contribution in [-0.2, 0) is 6.54 Å². The van der Waals surface area contributed by atoms with Crippen molar-refractivity contribution in [3.63, 3.8) is 0 Å². The van der Waals surface area contributed by atoms with Gasteiger partial charge in [-0.15, -0.1) is 0 Å². The number of rotatable bonds is 3. The maximum atomic E-state index is 14.0. The van der Waals surface area contributed by atoms with Gasteiger partial charge in [0.2, 0.25) is 0 Å². The van der Waals surface area contributed by atoms with Crippen molar-refractivity contribution >= 4 is 16.5 Å². The number of hydrogen-bond donors (Lipinski definition) is 2. The van der Waals surface area contributed by atoms with Crippen LogP contribution in [0.5, 0.6) is 5.75 Å². The van der Waals surface area contributed by atoms with Gasteiger partial charge in [-0.1, -0.05) is 36.4 Å². The summed E-state index contributed by atoms with van der Waals surface area (Å²) in [5, 5.41) is 12.1. The number of aromatic hydroxyl groups is 1. The summed E-state index contributed by atoms with van der Waals surface area (Å²) in [6.07, 6.45) is 0. The number of nitrogens with one attached hydrogen (secondary N) is 1. The second-order valence-corrected chi connectivity index (χ2v) is 6.65. The summed E-state index contributed by atoms with van der Waals surface area (Å²) in [7, 11) is 0. The molecule has 128 valence electrons. The van der Waals surface area contributed by atoms with Crippen molar-refractivity contribution in [1.82, 2.24) is 0 Å². The van der Waals surface area contributed by atoms with E-state index >= 15 is 0 Å². The van der Waals surface area contributed by atoms with Crippen LogP contribution in [0, 0.1) is 5.82 Å². The van der Waals surface area contributed by atoms with Crippen LogP contribution in [0.2, 0.25) is 0 Å². The van der Waals surface area contributed by atoms with Gasteiger partial charge in [0.1, 0.15) is 18.1 Å². The monoisotopic (exact) mass is 337 g/mol. The molecule has 1 saturated heterocycles. The van der Waals surface area contributed by atoms with E-state index in [-0.39, 0.29) is 5.82 Å². The fourth-order valence-electron chi connectivity index (χ4n) is 3.72. The molecule has 3 aromatic carbocycles. The normalized spacial score (nSPS) is 15.6. The third-order valence-corrected chi connectivity index (χ3v) is 5.10.